The van der Waals surface area contributed by atoms with Crippen molar-refractivity contribution in [3.05, 3.63) is 274 Å². The quantitative estimate of drug-likeness (QED) is 0.0180. The predicted molar refractivity (Wildman–Crippen MR) is 593 cm³/mol. The van der Waals surface area contributed by atoms with E-state index in [0.29, 0.717) is 56.3 Å². The maximum atomic E-state index is 11.0. The Kier molecular flexibility index (Phi) is 36.0. The van der Waals surface area contributed by atoms with E-state index in [9.17, 15) is 9.90 Å². The largest absolute Gasteiger partial charge is 0.492 e. The number of unbranched alkanes of at least 4 members (excludes halogenated alkanes) is 2. The van der Waals surface area contributed by atoms with Crippen LogP contribution in [0.1, 0.15) is 71.3 Å². The third-order valence-electron chi connectivity index (χ3n) is 26.6. The summed E-state index contributed by atoms with van der Waals surface area (Å²) in [5.41, 5.74) is 99.1. The zero-order chi connectivity index (χ0) is 98.8. The Morgan fingerprint density at radius 2 is 0.496 bits per heavy atom. The minimum Gasteiger partial charge on any atom is -0.492 e. The van der Waals surface area contributed by atoms with Gasteiger partial charge in [0.05, 0.1) is 52.6 Å². The SMILES string of the molecule is CCCCCOc1cc(N2CCN(c3ccc(N)c(C)c3)CC2)ccc1N.CCOc1cc(N2CCN(c3ccc(N)c(C)c3)CC2)ccc1N.Cc1cc(N2CCN(c3ccc(N)c(C)c3)CC2)ccc1N.Nc1ccc(N2CCN(c3ccc(N)c(CO)c3)CC2)cc1C=O.Nc1ccc(N2CCN(c3ccc(N)c(Cl)c3)CC2)cc1Cl.Nc1ccc(N2CCN(c3ccc(N)cc3)CC2)cc1. The first kappa shape index (κ1) is 102. The number of nitrogens with zero attached hydrogens (tertiary/aromatic N) is 12. The fourth-order valence-electron chi connectivity index (χ4n) is 17.7. The molecule has 0 radical (unpaired) electrons. The maximum Gasteiger partial charge on any atom is 0.152 e. The van der Waals surface area contributed by atoms with Gasteiger partial charge in [-0.05, 0) is 282 Å². The molecule has 6 fully saturated rings. The van der Waals surface area contributed by atoms with Gasteiger partial charge < -0.3 is 142 Å². The van der Waals surface area contributed by atoms with Crippen LogP contribution >= 0.6 is 23.2 Å². The minimum atomic E-state index is -0.0560. The Balaban J connectivity index is 0.000000141. The Hall–Kier alpha value is -14.4. The van der Waals surface area contributed by atoms with Crippen LogP contribution in [0.25, 0.3) is 0 Å². The molecule has 0 unspecified atom stereocenters. The van der Waals surface area contributed by atoms with Crippen molar-refractivity contribution in [1.29, 1.82) is 0 Å². The van der Waals surface area contributed by atoms with Crippen LogP contribution in [0.15, 0.2) is 231 Å². The highest BCUT2D eigenvalue weighted by Gasteiger charge is 2.27. The summed E-state index contributed by atoms with van der Waals surface area (Å²) in [5.74, 6) is 1.58. The van der Waals surface area contributed by atoms with E-state index >= 15 is 0 Å². The molecule has 0 saturated carbocycles. The van der Waals surface area contributed by atoms with Gasteiger partial charge >= 0.3 is 0 Å². The van der Waals surface area contributed by atoms with Gasteiger partial charge in [0, 0.05) is 294 Å². The lowest BCUT2D eigenvalue weighted by Gasteiger charge is -2.37. The summed E-state index contributed by atoms with van der Waals surface area (Å²) in [6, 6.07) is 76.4. The van der Waals surface area contributed by atoms with E-state index in [0.717, 1.165) is 273 Å². The molecule has 0 amide bonds. The van der Waals surface area contributed by atoms with E-state index in [2.05, 4.69) is 184 Å². The lowest BCUT2D eigenvalue weighted by molar-refractivity contribution is 0.112. The molecule has 736 valence electrons. The molecule has 28 nitrogen and oxygen atoms in total. The molecule has 139 heavy (non-hydrogen) atoms. The number of halogens is 2. The molecular weight excluding hydrogens is 1780 g/mol. The van der Waals surface area contributed by atoms with Gasteiger partial charge in [0.25, 0.3) is 0 Å². The number of carbonyl (C=O) groups excluding carboxylic acids is 1. The van der Waals surface area contributed by atoms with Crippen LogP contribution in [0.3, 0.4) is 0 Å². The summed E-state index contributed by atoms with van der Waals surface area (Å²) in [4.78, 5) is 39.4. The molecule has 0 spiro atoms. The van der Waals surface area contributed by atoms with Crippen LogP contribution in [0.4, 0.5) is 136 Å². The first-order chi connectivity index (χ1) is 67.1. The second kappa shape index (κ2) is 49.1. The van der Waals surface area contributed by atoms with E-state index in [4.69, 9.17) is 101 Å². The van der Waals surface area contributed by atoms with Gasteiger partial charge in [-0.3, -0.25) is 4.79 Å². The summed E-state index contributed by atoms with van der Waals surface area (Å²) in [7, 11) is 0. The second-order valence-electron chi connectivity index (χ2n) is 36.0. The zero-order valence-electron chi connectivity index (χ0n) is 81.5. The first-order valence-corrected chi connectivity index (χ1v) is 49.0. The van der Waals surface area contributed by atoms with Crippen molar-refractivity contribution < 1.29 is 19.4 Å². The average Bonchev–Trinajstić information content (AvgIpc) is 0.525. The normalized spacial score (nSPS) is 14.9. The molecule has 30 heteroatoms. The molecule has 0 bridgehead atoms. The van der Waals surface area contributed by atoms with Crippen molar-refractivity contribution in [2.24, 2.45) is 0 Å². The molecule has 6 saturated heterocycles. The number of hydrogen-bond acceptors (Lipinski definition) is 28. The number of nitrogen functional groups attached to an aromatic ring is 12. The van der Waals surface area contributed by atoms with E-state index in [1.165, 1.54) is 58.3 Å². The van der Waals surface area contributed by atoms with Crippen molar-refractivity contribution in [3.8, 4) is 11.5 Å². The summed E-state index contributed by atoms with van der Waals surface area (Å²) in [6.07, 6.45) is 4.24. The summed E-state index contributed by atoms with van der Waals surface area (Å²) >= 11 is 12.2. The number of benzene rings is 12. The topological polar surface area (TPSA) is 407 Å². The molecule has 18 rings (SSSR count). The van der Waals surface area contributed by atoms with Gasteiger partial charge in [0.2, 0.25) is 0 Å². The van der Waals surface area contributed by atoms with Gasteiger partial charge in [-0.2, -0.15) is 0 Å². The lowest BCUT2D eigenvalue weighted by atomic mass is 10.1. The molecule has 25 N–H and O–H groups in total. The number of piperazine rings is 6. The van der Waals surface area contributed by atoms with Crippen molar-refractivity contribution in [2.75, 3.05) is 298 Å². The standard InChI is InChI=1S/C22H32N4O.C19H26N4O.C18H22N4O2.C18H24N4.C16H18Cl2N4.C16H20N4/c1-3-4-5-14-27-22-16-19(7-9-21(22)24)26-12-10-25(11-13-26)18-6-8-20(23)17(2)15-18;1-3-24-19-13-16(5-7-18(19)21)23-10-8-22(9-11-23)15-4-6-17(20)14(2)12-15;19-17-3-1-15(9-13(17)11-23)21-5-7-22(8-6-21)16-2-4-18(20)14(10-16)12-24;1-13-11-15(3-5-17(13)19)21-7-9-22(10-8-21)16-4-6-18(20)14(2)12-16;17-13-9-11(1-3-15(13)19)21-5-7-22(8-6-21)12-2-4-16(20)14(18)10-12;17-13-1-5-15(6-2-13)19-9-11-20(12-10-19)16-7-3-14(18)4-8-16/h6-9,15-16H,3-5,10-14,23-24H2,1-2H3;4-7,12-13H,3,8-11,20-21H2,1-2H3;1-4,9-11,24H,5-8,12,19-20H2;3-6,11-12H,7-10,19-20H2,1-2H3;1-4,9-10H,5-8,19-20H2;1-8H,9-12,17-18H2. The maximum absolute atomic E-state index is 11.0. The van der Waals surface area contributed by atoms with Gasteiger partial charge in [-0.1, -0.05) is 43.0 Å². The molecule has 12 aromatic rings. The fraction of sp³-hybridized carbons (Fsp3) is 0.330. The summed E-state index contributed by atoms with van der Waals surface area (Å²) < 4.78 is 11.5. The van der Waals surface area contributed by atoms with Crippen LogP contribution in [0, 0.1) is 27.7 Å². The van der Waals surface area contributed by atoms with Crippen LogP contribution in [0.2, 0.25) is 10.0 Å². The smallest absolute Gasteiger partial charge is 0.152 e. The van der Waals surface area contributed by atoms with E-state index in [1.54, 1.807) is 6.07 Å². The highest BCUT2D eigenvalue weighted by Crippen LogP contribution is 2.37. The Labute approximate surface area is 831 Å². The van der Waals surface area contributed by atoms with E-state index in [1.807, 2.05) is 140 Å². The van der Waals surface area contributed by atoms with E-state index in [-0.39, 0.29) is 6.61 Å². The molecule has 0 aliphatic carbocycles. The fourth-order valence-corrected chi connectivity index (χ4v) is 18.1. The number of aldehydes is 1. The number of nitrogens with two attached hydrogens (primary N) is 12. The second-order valence-corrected chi connectivity index (χ2v) is 36.8. The van der Waals surface area contributed by atoms with Gasteiger partial charge in [0.1, 0.15) is 11.5 Å². The number of aliphatic hydroxyl groups excluding tert-OH is 1. The monoisotopic (exact) mass is 1920 g/mol. The molecule has 0 atom stereocenters. The average molecular weight is 1920 g/mol. The molecule has 6 heterocycles. The number of aryl methyl sites for hydroxylation is 4. The predicted octanol–water partition coefficient (Wildman–Crippen LogP) is 16.9. The van der Waals surface area contributed by atoms with Crippen LogP contribution in [-0.4, -0.2) is 182 Å². The van der Waals surface area contributed by atoms with Gasteiger partial charge in [0.15, 0.2) is 6.29 Å². The number of carbonyl (C=O) groups is 1. The van der Waals surface area contributed by atoms with Crippen LogP contribution in [-0.2, 0) is 6.61 Å². The molecule has 12 aromatic carbocycles. The molecule has 6 aliphatic heterocycles. The highest BCUT2D eigenvalue weighted by molar-refractivity contribution is 6.33. The van der Waals surface area contributed by atoms with Crippen LogP contribution < -0.4 is 137 Å². The third-order valence-corrected chi connectivity index (χ3v) is 27.3. The Morgan fingerprint density at radius 1 is 0.266 bits per heavy atom. The number of ether oxygens (including phenoxy) is 2. The number of aliphatic hydroxyl groups is 1. The van der Waals surface area contributed by atoms with Gasteiger partial charge in [-0.25, -0.2) is 0 Å². The van der Waals surface area contributed by atoms with Crippen LogP contribution in [0.5, 0.6) is 11.5 Å². The molecule has 6 aliphatic rings. The third kappa shape index (κ3) is 27.8. The summed E-state index contributed by atoms with van der Waals surface area (Å²) in [6.45, 7) is 36.8. The lowest BCUT2D eigenvalue weighted by Crippen LogP contribution is -2.46. The van der Waals surface area contributed by atoms with Crippen molar-refractivity contribution in [3.63, 3.8) is 0 Å². The zero-order valence-corrected chi connectivity index (χ0v) is 83.0. The minimum absolute atomic E-state index is 0.0560. The summed E-state index contributed by atoms with van der Waals surface area (Å²) in [5, 5.41) is 10.6. The first-order valence-electron chi connectivity index (χ1n) is 48.2. The van der Waals surface area contributed by atoms with Crippen molar-refractivity contribution in [1.82, 2.24) is 0 Å². The number of hydrogen-bond donors (Lipinski definition) is 13. The van der Waals surface area contributed by atoms with Gasteiger partial charge in [-0.15, -0.1) is 0 Å². The van der Waals surface area contributed by atoms with Crippen molar-refractivity contribution >= 4 is 166 Å². The molecule has 0 aromatic heterocycles. The Morgan fingerprint density at radius 3 is 0.763 bits per heavy atom. The Bertz CT molecular complexity index is 5700. The number of anilines is 24. The van der Waals surface area contributed by atoms with Crippen molar-refractivity contribution in [2.45, 2.75) is 67.4 Å². The number of rotatable bonds is 21. The molecular formula is C109H142Cl2N24O4. The highest BCUT2D eigenvalue weighted by atomic mass is 35.5. The van der Waals surface area contributed by atoms with E-state index < -0.39 is 0 Å².